The van der Waals surface area contributed by atoms with E-state index < -0.39 is 10.0 Å². The Balaban J connectivity index is 2.10. The van der Waals surface area contributed by atoms with Gasteiger partial charge >= 0.3 is 0 Å². The lowest BCUT2D eigenvalue weighted by Gasteiger charge is -2.33. The van der Waals surface area contributed by atoms with Crippen LogP contribution in [0.25, 0.3) is 0 Å². The third-order valence-electron chi connectivity index (χ3n) is 3.92. The number of carbonyl (C=O) groups is 1. The summed E-state index contributed by atoms with van der Waals surface area (Å²) in [5, 5.41) is 0.950. The van der Waals surface area contributed by atoms with E-state index in [1.807, 2.05) is 6.92 Å². The molecule has 6 nitrogen and oxygen atoms in total. The van der Waals surface area contributed by atoms with E-state index in [9.17, 15) is 13.2 Å². The van der Waals surface area contributed by atoms with Crippen LogP contribution in [0.15, 0.2) is 0 Å². The van der Waals surface area contributed by atoms with Gasteiger partial charge in [0.25, 0.3) is 5.91 Å². The molecule has 0 unspecified atom stereocenters. The lowest BCUT2D eigenvalue weighted by molar-refractivity contribution is 0.0702. The van der Waals surface area contributed by atoms with E-state index in [0.717, 1.165) is 10.7 Å². The van der Waals surface area contributed by atoms with Crippen LogP contribution in [0.4, 0.5) is 0 Å². The second-order valence-corrected chi connectivity index (χ2v) is 10.0. The Hall–Kier alpha value is -0.990. The van der Waals surface area contributed by atoms with E-state index in [2.05, 4.69) is 25.8 Å². The standard InChI is InChI=1S/C15H25N3O3S2/c1-6-23(20,21)18-9-7-17(8-10-18)13(19)12-11(2)16-14(22-12)15(3,4)5/h6-10H2,1-5H3. The van der Waals surface area contributed by atoms with Crippen molar-refractivity contribution in [2.24, 2.45) is 0 Å². The molecule has 1 aliphatic rings. The molecule has 1 aromatic heterocycles. The van der Waals surface area contributed by atoms with Crippen molar-refractivity contribution in [1.82, 2.24) is 14.2 Å². The van der Waals surface area contributed by atoms with Gasteiger partial charge in [0, 0.05) is 31.6 Å². The highest BCUT2D eigenvalue weighted by Crippen LogP contribution is 2.30. The van der Waals surface area contributed by atoms with Crippen molar-refractivity contribution >= 4 is 27.3 Å². The van der Waals surface area contributed by atoms with Crippen LogP contribution in [-0.4, -0.2) is 60.4 Å². The summed E-state index contributed by atoms with van der Waals surface area (Å²) in [4.78, 5) is 19.6. The third kappa shape index (κ3) is 3.92. The lowest BCUT2D eigenvalue weighted by atomic mass is 9.98. The summed E-state index contributed by atoms with van der Waals surface area (Å²) >= 11 is 1.44. The molecular formula is C15H25N3O3S2. The summed E-state index contributed by atoms with van der Waals surface area (Å²) in [7, 11) is -3.17. The van der Waals surface area contributed by atoms with Gasteiger partial charge in [0.1, 0.15) is 4.88 Å². The molecule has 0 saturated carbocycles. The van der Waals surface area contributed by atoms with E-state index in [1.165, 1.54) is 15.6 Å². The van der Waals surface area contributed by atoms with E-state index in [4.69, 9.17) is 0 Å². The Kier molecular flexibility index (Phi) is 5.18. The molecule has 1 amide bonds. The van der Waals surface area contributed by atoms with Crippen LogP contribution >= 0.6 is 11.3 Å². The maximum atomic E-state index is 12.7. The first kappa shape index (κ1) is 18.4. The summed E-state index contributed by atoms with van der Waals surface area (Å²) in [5.74, 6) is 0.0631. The Bertz CT molecular complexity index is 681. The minimum Gasteiger partial charge on any atom is -0.335 e. The number of hydrogen-bond donors (Lipinski definition) is 0. The molecule has 2 rings (SSSR count). The van der Waals surface area contributed by atoms with Crippen LogP contribution in [0.1, 0.15) is 48.1 Å². The van der Waals surface area contributed by atoms with Gasteiger partial charge in [-0.2, -0.15) is 4.31 Å². The molecule has 23 heavy (non-hydrogen) atoms. The first-order valence-corrected chi connectivity index (χ1v) is 10.2. The monoisotopic (exact) mass is 359 g/mol. The van der Waals surface area contributed by atoms with Crippen molar-refractivity contribution in [2.45, 2.75) is 40.0 Å². The number of aryl methyl sites for hydroxylation is 1. The minimum absolute atomic E-state index is 0.0379. The van der Waals surface area contributed by atoms with Crippen LogP contribution in [-0.2, 0) is 15.4 Å². The Morgan fingerprint density at radius 2 is 1.78 bits per heavy atom. The molecule has 1 saturated heterocycles. The van der Waals surface area contributed by atoms with Gasteiger partial charge in [-0.05, 0) is 13.8 Å². The van der Waals surface area contributed by atoms with Crippen LogP contribution in [0.5, 0.6) is 0 Å². The summed E-state index contributed by atoms with van der Waals surface area (Å²) in [6.07, 6.45) is 0. The normalized spacial score (nSPS) is 17.5. The number of aromatic nitrogens is 1. The molecule has 2 heterocycles. The van der Waals surface area contributed by atoms with Crippen LogP contribution < -0.4 is 0 Å². The average molecular weight is 360 g/mol. The first-order valence-electron chi connectivity index (χ1n) is 7.81. The van der Waals surface area contributed by atoms with Crippen molar-refractivity contribution in [2.75, 3.05) is 31.9 Å². The van der Waals surface area contributed by atoms with Crippen LogP contribution in [0.2, 0.25) is 0 Å². The minimum atomic E-state index is -3.17. The van der Waals surface area contributed by atoms with Crippen molar-refractivity contribution in [3.8, 4) is 0 Å². The van der Waals surface area contributed by atoms with Gasteiger partial charge in [-0.25, -0.2) is 13.4 Å². The lowest BCUT2D eigenvalue weighted by Crippen LogP contribution is -2.50. The van der Waals surface area contributed by atoms with Gasteiger partial charge in [-0.3, -0.25) is 4.79 Å². The predicted molar refractivity (Wildman–Crippen MR) is 92.5 cm³/mol. The summed E-state index contributed by atoms with van der Waals surface area (Å²) in [5.41, 5.74) is 0.676. The summed E-state index contributed by atoms with van der Waals surface area (Å²) < 4.78 is 25.2. The van der Waals surface area contributed by atoms with E-state index >= 15 is 0 Å². The van der Waals surface area contributed by atoms with Crippen molar-refractivity contribution in [3.05, 3.63) is 15.6 Å². The molecule has 0 spiro atoms. The molecule has 1 aromatic rings. The molecule has 0 aromatic carbocycles. The van der Waals surface area contributed by atoms with E-state index in [-0.39, 0.29) is 17.1 Å². The highest BCUT2D eigenvalue weighted by molar-refractivity contribution is 7.89. The highest BCUT2D eigenvalue weighted by atomic mass is 32.2. The topological polar surface area (TPSA) is 70.6 Å². The number of rotatable bonds is 3. The van der Waals surface area contributed by atoms with E-state index in [0.29, 0.717) is 31.1 Å². The van der Waals surface area contributed by atoms with Gasteiger partial charge in [0.15, 0.2) is 0 Å². The van der Waals surface area contributed by atoms with Gasteiger partial charge in [0.2, 0.25) is 10.0 Å². The zero-order chi connectivity index (χ0) is 17.4. The molecule has 8 heteroatoms. The average Bonchev–Trinajstić information content (AvgIpc) is 2.89. The molecule has 1 fully saturated rings. The fourth-order valence-electron chi connectivity index (χ4n) is 2.41. The first-order chi connectivity index (χ1) is 10.6. The van der Waals surface area contributed by atoms with Crippen LogP contribution in [0, 0.1) is 6.92 Å². The number of hydrogen-bond acceptors (Lipinski definition) is 5. The fraction of sp³-hybridized carbons (Fsp3) is 0.733. The smallest absolute Gasteiger partial charge is 0.265 e. The van der Waals surface area contributed by atoms with Crippen molar-refractivity contribution in [1.29, 1.82) is 0 Å². The predicted octanol–water partition coefficient (Wildman–Crippen LogP) is 1.86. The molecule has 130 valence electrons. The molecular weight excluding hydrogens is 334 g/mol. The summed E-state index contributed by atoms with van der Waals surface area (Å²) in [6, 6.07) is 0. The maximum Gasteiger partial charge on any atom is 0.265 e. The van der Waals surface area contributed by atoms with Gasteiger partial charge < -0.3 is 4.90 Å². The van der Waals surface area contributed by atoms with Gasteiger partial charge in [-0.1, -0.05) is 20.8 Å². The summed E-state index contributed by atoms with van der Waals surface area (Å²) in [6.45, 7) is 11.3. The number of thiazole rings is 1. The van der Waals surface area contributed by atoms with E-state index in [1.54, 1.807) is 11.8 Å². The number of nitrogens with zero attached hydrogens (tertiary/aromatic N) is 3. The zero-order valence-corrected chi connectivity index (χ0v) is 16.1. The molecule has 1 aliphatic heterocycles. The van der Waals surface area contributed by atoms with Crippen molar-refractivity contribution in [3.63, 3.8) is 0 Å². The fourth-order valence-corrected chi connectivity index (χ4v) is 4.59. The number of amides is 1. The molecule has 0 aliphatic carbocycles. The number of sulfonamides is 1. The third-order valence-corrected chi connectivity index (χ3v) is 7.37. The second kappa shape index (κ2) is 6.49. The number of piperazine rings is 1. The van der Waals surface area contributed by atoms with Crippen LogP contribution in [0.3, 0.4) is 0 Å². The second-order valence-electron chi connectivity index (χ2n) is 6.78. The quantitative estimate of drug-likeness (QED) is 0.826. The molecule has 0 bridgehead atoms. The Morgan fingerprint density at radius 1 is 1.22 bits per heavy atom. The molecule has 0 atom stereocenters. The zero-order valence-electron chi connectivity index (χ0n) is 14.4. The molecule has 0 radical (unpaired) electrons. The maximum absolute atomic E-state index is 12.7. The Morgan fingerprint density at radius 3 is 2.22 bits per heavy atom. The Labute approximate surface area is 142 Å². The molecule has 0 N–H and O–H groups in total. The highest BCUT2D eigenvalue weighted by Gasteiger charge is 2.30. The van der Waals surface area contributed by atoms with Gasteiger partial charge in [-0.15, -0.1) is 11.3 Å². The van der Waals surface area contributed by atoms with Gasteiger partial charge in [0.05, 0.1) is 16.5 Å². The van der Waals surface area contributed by atoms with Crippen molar-refractivity contribution < 1.29 is 13.2 Å². The largest absolute Gasteiger partial charge is 0.335 e. The number of carbonyl (C=O) groups excluding carboxylic acids is 1. The SMILES string of the molecule is CCS(=O)(=O)N1CCN(C(=O)c2sc(C(C)(C)C)nc2C)CC1.